The first-order chi connectivity index (χ1) is 7.22. The molecule has 0 radical (unpaired) electrons. The average Bonchev–Trinajstić information content (AvgIpc) is 2.21. The molecular weight excluding hydrogens is 216 g/mol. The van der Waals surface area contributed by atoms with Gasteiger partial charge in [0.15, 0.2) is 0 Å². The van der Waals surface area contributed by atoms with Crippen LogP contribution in [0.5, 0.6) is 0 Å². The number of halogens is 1. The Morgan fingerprint density at radius 2 is 2.07 bits per heavy atom. The van der Waals surface area contributed by atoms with E-state index < -0.39 is 0 Å². The van der Waals surface area contributed by atoms with E-state index in [1.165, 1.54) is 6.19 Å². The second-order valence-electron chi connectivity index (χ2n) is 2.39. The maximum absolute atomic E-state index is 8.13. The molecule has 0 amide bonds. The zero-order valence-electron chi connectivity index (χ0n) is 7.55. The van der Waals surface area contributed by atoms with E-state index in [-0.39, 0.29) is 5.96 Å². The molecule has 6 nitrogen and oxygen atoms in total. The summed E-state index contributed by atoms with van der Waals surface area (Å²) in [5, 5.41) is 15.7. The second-order valence-corrected chi connectivity index (χ2v) is 2.83. The monoisotopic (exact) mass is 222 g/mol. The zero-order chi connectivity index (χ0) is 11.1. The summed E-state index contributed by atoms with van der Waals surface area (Å²) in [5.41, 5.74) is 8.47. The van der Waals surface area contributed by atoms with E-state index in [2.05, 4.69) is 20.8 Å². The molecule has 0 atom stereocenters. The number of aliphatic imine (C=N–C) groups is 1. The topological polar surface area (TPSA) is 98.9 Å². The molecule has 15 heavy (non-hydrogen) atoms. The molecule has 76 valence electrons. The third-order valence-electron chi connectivity index (χ3n) is 1.34. The predicted molar refractivity (Wildman–Crippen MR) is 57.2 cm³/mol. The van der Waals surface area contributed by atoms with E-state index >= 15 is 0 Å². The molecular formula is C8H7ClN6. The number of hydrogen-bond donors (Lipinski definition) is 2. The molecule has 0 aliphatic rings. The van der Waals surface area contributed by atoms with Crippen molar-refractivity contribution in [3.63, 3.8) is 0 Å². The van der Waals surface area contributed by atoms with Gasteiger partial charge in [-0.3, -0.25) is 5.43 Å². The molecule has 0 fully saturated rings. The molecule has 3 N–H and O–H groups in total. The molecule has 0 bridgehead atoms. The third kappa shape index (κ3) is 4.06. The quantitative estimate of drug-likeness (QED) is 0.263. The largest absolute Gasteiger partial charge is 0.366 e. The standard InChI is InChI=1S/C8H7ClN6/c9-6-1-3-7(4-2-6)13-15-14-8(11)12-5-10/h1-4H,(H3,11,12,13,14). The van der Waals surface area contributed by atoms with Crippen molar-refractivity contribution in [3.8, 4) is 6.19 Å². The Labute approximate surface area is 91.1 Å². The molecule has 1 aromatic carbocycles. The number of nitriles is 1. The van der Waals surface area contributed by atoms with Crippen molar-refractivity contribution in [1.82, 2.24) is 0 Å². The first-order valence-electron chi connectivity index (χ1n) is 3.87. The number of nitrogens with two attached hydrogens (primary N) is 1. The average molecular weight is 223 g/mol. The summed E-state index contributed by atoms with van der Waals surface area (Å²) in [6.07, 6.45) is 1.49. The lowest BCUT2D eigenvalue weighted by Crippen LogP contribution is -2.06. The lowest BCUT2D eigenvalue weighted by atomic mass is 10.3. The van der Waals surface area contributed by atoms with E-state index in [9.17, 15) is 0 Å². The van der Waals surface area contributed by atoms with E-state index in [0.29, 0.717) is 10.7 Å². The highest BCUT2D eigenvalue weighted by Crippen LogP contribution is 2.12. The molecule has 0 unspecified atom stereocenters. The third-order valence-corrected chi connectivity index (χ3v) is 1.59. The zero-order valence-corrected chi connectivity index (χ0v) is 8.31. The summed E-state index contributed by atoms with van der Waals surface area (Å²) < 4.78 is 0. The summed E-state index contributed by atoms with van der Waals surface area (Å²) in [6.45, 7) is 0. The number of anilines is 1. The van der Waals surface area contributed by atoms with E-state index in [4.69, 9.17) is 22.6 Å². The predicted octanol–water partition coefficient (Wildman–Crippen LogP) is 1.91. The van der Waals surface area contributed by atoms with Gasteiger partial charge >= 0.3 is 0 Å². The van der Waals surface area contributed by atoms with Gasteiger partial charge in [0.05, 0.1) is 5.69 Å². The molecule has 0 saturated carbocycles. The van der Waals surface area contributed by atoms with Crippen LogP contribution in [-0.4, -0.2) is 5.96 Å². The van der Waals surface area contributed by atoms with E-state index in [0.717, 1.165) is 0 Å². The number of hydrogen-bond acceptors (Lipinski definition) is 3. The van der Waals surface area contributed by atoms with Crippen LogP contribution in [0.3, 0.4) is 0 Å². The highest BCUT2D eigenvalue weighted by atomic mass is 35.5. The van der Waals surface area contributed by atoms with Crippen molar-refractivity contribution in [1.29, 1.82) is 5.26 Å². The normalized spacial score (nSPS) is 11.3. The Morgan fingerprint density at radius 1 is 1.40 bits per heavy atom. The second kappa shape index (κ2) is 5.57. The van der Waals surface area contributed by atoms with Crippen LogP contribution in [0.25, 0.3) is 0 Å². The Morgan fingerprint density at radius 3 is 2.67 bits per heavy atom. The van der Waals surface area contributed by atoms with E-state index in [1.54, 1.807) is 24.3 Å². The van der Waals surface area contributed by atoms with Crippen LogP contribution in [-0.2, 0) is 0 Å². The van der Waals surface area contributed by atoms with Crippen LogP contribution in [0, 0.1) is 11.5 Å². The lowest BCUT2D eigenvalue weighted by molar-refractivity contribution is 1.14. The van der Waals surface area contributed by atoms with Gasteiger partial charge in [0.25, 0.3) is 5.96 Å². The van der Waals surface area contributed by atoms with Crippen LogP contribution in [0.15, 0.2) is 39.6 Å². The van der Waals surface area contributed by atoms with Gasteiger partial charge in [0.2, 0.25) is 6.19 Å². The van der Waals surface area contributed by atoms with Gasteiger partial charge in [-0.25, -0.2) is 0 Å². The van der Waals surface area contributed by atoms with Crippen LogP contribution in [0.4, 0.5) is 5.69 Å². The summed E-state index contributed by atoms with van der Waals surface area (Å²) in [4.78, 5) is 3.15. The van der Waals surface area contributed by atoms with Crippen LogP contribution >= 0.6 is 11.6 Å². The first kappa shape index (κ1) is 10.9. The smallest absolute Gasteiger partial charge is 0.252 e. The summed E-state index contributed by atoms with van der Waals surface area (Å²) >= 11 is 5.68. The number of rotatable bonds is 2. The van der Waals surface area contributed by atoms with Crippen molar-refractivity contribution in [2.75, 3.05) is 5.43 Å². The Hall–Kier alpha value is -2.13. The maximum atomic E-state index is 8.13. The number of guanidine groups is 1. The fraction of sp³-hybridized carbons (Fsp3) is 0. The lowest BCUT2D eigenvalue weighted by Gasteiger charge is -1.97. The fourth-order valence-corrected chi connectivity index (χ4v) is 0.858. The number of nitrogens with one attached hydrogen (secondary N) is 1. The molecule has 0 aliphatic carbocycles. The van der Waals surface area contributed by atoms with Crippen molar-refractivity contribution in [2.45, 2.75) is 0 Å². The molecule has 0 heterocycles. The molecule has 0 spiro atoms. The van der Waals surface area contributed by atoms with Crippen LogP contribution in [0.1, 0.15) is 0 Å². The highest BCUT2D eigenvalue weighted by molar-refractivity contribution is 6.30. The van der Waals surface area contributed by atoms with Crippen molar-refractivity contribution >= 4 is 23.2 Å². The number of nitrogens with zero attached hydrogens (tertiary/aromatic N) is 4. The molecule has 1 aromatic rings. The van der Waals surface area contributed by atoms with Gasteiger partial charge in [-0.05, 0) is 24.3 Å². The highest BCUT2D eigenvalue weighted by Gasteiger charge is 1.90. The maximum Gasteiger partial charge on any atom is 0.252 e. The fourth-order valence-electron chi connectivity index (χ4n) is 0.732. The Kier molecular flexibility index (Phi) is 4.06. The van der Waals surface area contributed by atoms with Crippen molar-refractivity contribution in [3.05, 3.63) is 29.3 Å². The van der Waals surface area contributed by atoms with Gasteiger partial charge in [-0.2, -0.15) is 5.26 Å². The van der Waals surface area contributed by atoms with Gasteiger partial charge in [0.1, 0.15) is 0 Å². The minimum absolute atomic E-state index is 0.209. The van der Waals surface area contributed by atoms with Gasteiger partial charge in [-0.15, -0.1) is 4.99 Å². The van der Waals surface area contributed by atoms with Gasteiger partial charge in [0, 0.05) is 5.02 Å². The van der Waals surface area contributed by atoms with Gasteiger partial charge < -0.3 is 5.73 Å². The SMILES string of the molecule is N#CN=C(N)/N=N/Nc1ccc(Cl)cc1. The minimum atomic E-state index is -0.209. The van der Waals surface area contributed by atoms with Gasteiger partial charge in [-0.1, -0.05) is 21.9 Å². The van der Waals surface area contributed by atoms with Crippen LogP contribution < -0.4 is 11.2 Å². The van der Waals surface area contributed by atoms with E-state index in [1.807, 2.05) is 0 Å². The summed E-state index contributed by atoms with van der Waals surface area (Å²) in [6, 6.07) is 6.84. The molecule has 1 rings (SSSR count). The molecule has 0 aliphatic heterocycles. The first-order valence-corrected chi connectivity index (χ1v) is 4.25. The minimum Gasteiger partial charge on any atom is -0.366 e. The van der Waals surface area contributed by atoms with Crippen molar-refractivity contribution in [2.24, 2.45) is 21.1 Å². The molecule has 7 heteroatoms. The summed E-state index contributed by atoms with van der Waals surface area (Å²) in [7, 11) is 0. The molecule has 0 saturated heterocycles. The molecule has 0 aromatic heterocycles. The van der Waals surface area contributed by atoms with Crippen LogP contribution in [0.2, 0.25) is 5.02 Å². The van der Waals surface area contributed by atoms with Crippen molar-refractivity contribution < 1.29 is 0 Å². The summed E-state index contributed by atoms with van der Waals surface area (Å²) in [5.74, 6) is -0.209. The number of benzene rings is 1. The Bertz CT molecular complexity index is 416. The Balaban J connectivity index is 2.55.